The summed E-state index contributed by atoms with van der Waals surface area (Å²) in [5.41, 5.74) is 3.39. The summed E-state index contributed by atoms with van der Waals surface area (Å²) in [6, 6.07) is 22.8. The van der Waals surface area contributed by atoms with Crippen molar-refractivity contribution in [2.75, 3.05) is 38.3 Å². The number of carbonyl (C=O) groups excluding carboxylic acids is 1. The van der Waals surface area contributed by atoms with Gasteiger partial charge in [-0.2, -0.15) is 0 Å². The third-order valence-corrected chi connectivity index (χ3v) is 5.34. The van der Waals surface area contributed by atoms with Gasteiger partial charge in [0.2, 0.25) is 5.91 Å². The second kappa shape index (κ2) is 8.93. The standard InChI is InChI=1S/C25H26N2O2/c1-26(19-20-9-12-23(13-10-20)27-15-17-29-18-16-27)25(28)14-11-22-7-4-6-21-5-2-3-8-24(21)22/h2-14H,15-19H2,1H3/b14-11+. The average Bonchev–Trinajstić information content (AvgIpc) is 2.78. The molecule has 1 fully saturated rings. The van der Waals surface area contributed by atoms with Gasteiger partial charge in [0, 0.05) is 38.4 Å². The number of morpholine rings is 1. The first-order valence-electron chi connectivity index (χ1n) is 10.0. The van der Waals surface area contributed by atoms with E-state index < -0.39 is 0 Å². The topological polar surface area (TPSA) is 32.8 Å². The van der Waals surface area contributed by atoms with E-state index in [1.54, 1.807) is 11.0 Å². The van der Waals surface area contributed by atoms with Crippen molar-refractivity contribution in [1.82, 2.24) is 4.90 Å². The Labute approximate surface area is 172 Å². The average molecular weight is 386 g/mol. The molecular weight excluding hydrogens is 360 g/mol. The maximum atomic E-state index is 12.6. The van der Waals surface area contributed by atoms with Crippen LogP contribution in [0.15, 0.2) is 72.8 Å². The van der Waals surface area contributed by atoms with Crippen LogP contribution in [0.4, 0.5) is 5.69 Å². The number of fused-ring (bicyclic) bond motifs is 1. The van der Waals surface area contributed by atoms with E-state index in [-0.39, 0.29) is 5.91 Å². The van der Waals surface area contributed by atoms with E-state index in [4.69, 9.17) is 4.74 Å². The monoisotopic (exact) mass is 386 g/mol. The first-order valence-corrected chi connectivity index (χ1v) is 10.0. The van der Waals surface area contributed by atoms with Crippen LogP contribution >= 0.6 is 0 Å². The van der Waals surface area contributed by atoms with E-state index in [0.717, 1.165) is 42.8 Å². The number of carbonyl (C=O) groups is 1. The Kier molecular flexibility index (Phi) is 5.92. The van der Waals surface area contributed by atoms with Gasteiger partial charge in [0.25, 0.3) is 0 Å². The predicted octanol–water partition coefficient (Wildman–Crippen LogP) is 4.35. The van der Waals surface area contributed by atoms with Gasteiger partial charge in [0.1, 0.15) is 0 Å². The molecule has 1 aliphatic rings. The molecule has 0 bridgehead atoms. The smallest absolute Gasteiger partial charge is 0.246 e. The fourth-order valence-corrected chi connectivity index (χ4v) is 3.67. The number of amides is 1. The fourth-order valence-electron chi connectivity index (χ4n) is 3.67. The van der Waals surface area contributed by atoms with Crippen LogP contribution in [0.1, 0.15) is 11.1 Å². The highest BCUT2D eigenvalue weighted by Crippen LogP contribution is 2.20. The summed E-state index contributed by atoms with van der Waals surface area (Å²) in [6.07, 6.45) is 3.56. The SMILES string of the molecule is CN(Cc1ccc(N2CCOCC2)cc1)C(=O)/C=C/c1cccc2ccccc12. The van der Waals surface area contributed by atoms with Crippen molar-refractivity contribution >= 4 is 28.4 Å². The number of ether oxygens (including phenoxy) is 1. The van der Waals surface area contributed by atoms with Crippen molar-refractivity contribution in [3.8, 4) is 0 Å². The van der Waals surface area contributed by atoms with Gasteiger partial charge >= 0.3 is 0 Å². The number of nitrogens with zero attached hydrogens (tertiary/aromatic N) is 2. The molecule has 3 aromatic carbocycles. The summed E-state index contributed by atoms with van der Waals surface area (Å²) in [5.74, 6) is -0.00445. The zero-order valence-corrected chi connectivity index (χ0v) is 16.8. The van der Waals surface area contributed by atoms with Gasteiger partial charge in [0.15, 0.2) is 0 Å². The van der Waals surface area contributed by atoms with Gasteiger partial charge < -0.3 is 14.5 Å². The highest BCUT2D eigenvalue weighted by Gasteiger charge is 2.11. The second-order valence-corrected chi connectivity index (χ2v) is 7.36. The van der Waals surface area contributed by atoms with Crippen LogP contribution in [0.25, 0.3) is 16.8 Å². The normalized spacial score (nSPS) is 14.4. The molecule has 0 radical (unpaired) electrons. The molecule has 0 atom stereocenters. The minimum absolute atomic E-state index is 0.00445. The minimum Gasteiger partial charge on any atom is -0.378 e. The summed E-state index contributed by atoms with van der Waals surface area (Å²) in [6.45, 7) is 4.00. The summed E-state index contributed by atoms with van der Waals surface area (Å²) in [7, 11) is 1.84. The van der Waals surface area contributed by atoms with Crippen molar-refractivity contribution in [3.63, 3.8) is 0 Å². The summed E-state index contributed by atoms with van der Waals surface area (Å²) < 4.78 is 5.41. The van der Waals surface area contributed by atoms with E-state index >= 15 is 0 Å². The Bertz CT molecular complexity index is 1000. The lowest BCUT2D eigenvalue weighted by Gasteiger charge is -2.29. The molecule has 0 saturated carbocycles. The molecule has 0 spiro atoms. The second-order valence-electron chi connectivity index (χ2n) is 7.36. The van der Waals surface area contributed by atoms with Gasteiger partial charge in [-0.3, -0.25) is 4.79 Å². The fraction of sp³-hybridized carbons (Fsp3) is 0.240. The Hall–Kier alpha value is -3.11. The van der Waals surface area contributed by atoms with Gasteiger partial charge in [-0.25, -0.2) is 0 Å². The molecule has 0 aliphatic carbocycles. The lowest BCUT2D eigenvalue weighted by molar-refractivity contribution is -0.125. The van der Waals surface area contributed by atoms with Crippen molar-refractivity contribution < 1.29 is 9.53 Å². The van der Waals surface area contributed by atoms with Crippen LogP contribution < -0.4 is 4.90 Å². The zero-order valence-electron chi connectivity index (χ0n) is 16.8. The Morgan fingerprint density at radius 3 is 2.52 bits per heavy atom. The van der Waals surface area contributed by atoms with Gasteiger partial charge in [0.05, 0.1) is 13.2 Å². The molecule has 0 aromatic heterocycles. The number of rotatable bonds is 5. The first-order chi connectivity index (χ1) is 14.2. The van der Waals surface area contributed by atoms with Crippen molar-refractivity contribution in [1.29, 1.82) is 0 Å². The molecule has 148 valence electrons. The molecule has 1 aliphatic heterocycles. The summed E-state index contributed by atoms with van der Waals surface area (Å²) in [5, 5.41) is 2.33. The lowest BCUT2D eigenvalue weighted by Crippen LogP contribution is -2.36. The summed E-state index contributed by atoms with van der Waals surface area (Å²) >= 11 is 0. The Morgan fingerprint density at radius 2 is 1.72 bits per heavy atom. The molecule has 3 aromatic rings. The molecule has 1 heterocycles. The molecule has 0 unspecified atom stereocenters. The summed E-state index contributed by atoms with van der Waals surface area (Å²) in [4.78, 5) is 16.7. The van der Waals surface area contributed by atoms with Crippen LogP contribution in [0.2, 0.25) is 0 Å². The maximum Gasteiger partial charge on any atom is 0.246 e. The lowest BCUT2D eigenvalue weighted by atomic mass is 10.0. The van der Waals surface area contributed by atoms with Crippen LogP contribution in [0.3, 0.4) is 0 Å². The van der Waals surface area contributed by atoms with E-state index in [1.165, 1.54) is 11.1 Å². The quantitative estimate of drug-likeness (QED) is 0.611. The van der Waals surface area contributed by atoms with Crippen LogP contribution in [0, 0.1) is 0 Å². The Morgan fingerprint density at radius 1 is 1.00 bits per heavy atom. The van der Waals surface area contributed by atoms with Crippen LogP contribution in [-0.2, 0) is 16.1 Å². The third kappa shape index (κ3) is 4.66. The van der Waals surface area contributed by atoms with Gasteiger partial charge in [-0.1, -0.05) is 54.6 Å². The molecule has 1 amide bonds. The first kappa shape index (κ1) is 19.2. The molecule has 4 nitrogen and oxygen atoms in total. The number of hydrogen-bond donors (Lipinski definition) is 0. The number of benzene rings is 3. The third-order valence-electron chi connectivity index (χ3n) is 5.34. The predicted molar refractivity (Wildman–Crippen MR) is 119 cm³/mol. The van der Waals surface area contributed by atoms with E-state index in [0.29, 0.717) is 6.54 Å². The highest BCUT2D eigenvalue weighted by molar-refractivity contribution is 5.96. The highest BCUT2D eigenvalue weighted by atomic mass is 16.5. The number of likely N-dealkylation sites (N-methyl/N-ethyl adjacent to an activating group) is 1. The molecule has 29 heavy (non-hydrogen) atoms. The van der Waals surface area contributed by atoms with Crippen LogP contribution in [-0.4, -0.2) is 44.2 Å². The number of hydrogen-bond acceptors (Lipinski definition) is 3. The molecule has 1 saturated heterocycles. The maximum absolute atomic E-state index is 12.6. The van der Waals surface area contributed by atoms with Gasteiger partial charge in [-0.15, -0.1) is 0 Å². The molecule has 0 N–H and O–H groups in total. The molecule has 4 heteroatoms. The minimum atomic E-state index is -0.00445. The van der Waals surface area contributed by atoms with Crippen LogP contribution in [0.5, 0.6) is 0 Å². The van der Waals surface area contributed by atoms with Crippen molar-refractivity contribution in [2.45, 2.75) is 6.54 Å². The van der Waals surface area contributed by atoms with E-state index in [9.17, 15) is 4.79 Å². The Balaban J connectivity index is 1.39. The molecular formula is C25H26N2O2. The van der Waals surface area contributed by atoms with Gasteiger partial charge in [-0.05, 0) is 40.1 Å². The largest absolute Gasteiger partial charge is 0.378 e. The number of anilines is 1. The van der Waals surface area contributed by atoms with Crippen molar-refractivity contribution in [2.24, 2.45) is 0 Å². The van der Waals surface area contributed by atoms with E-state index in [1.807, 2.05) is 37.4 Å². The van der Waals surface area contributed by atoms with Crippen molar-refractivity contribution in [3.05, 3.63) is 83.9 Å². The zero-order chi connectivity index (χ0) is 20.1. The molecule has 4 rings (SSSR count). The van der Waals surface area contributed by atoms with E-state index in [2.05, 4.69) is 47.4 Å².